The minimum Gasteiger partial charge on any atom is -0.496 e. The van der Waals surface area contributed by atoms with Gasteiger partial charge in [-0.3, -0.25) is 15.0 Å². The zero-order valence-electron chi connectivity index (χ0n) is 17.7. The minimum absolute atomic E-state index is 0.254. The van der Waals surface area contributed by atoms with Crippen molar-refractivity contribution < 1.29 is 9.53 Å². The Bertz CT molecular complexity index is 1080. The molecule has 1 amide bonds. The number of benzene rings is 3. The van der Waals surface area contributed by atoms with Crippen LogP contribution in [0.1, 0.15) is 35.2 Å². The number of hydrogen-bond donors (Lipinski definition) is 2. The number of nitrogens with one attached hydrogen (secondary N) is 2. The third kappa shape index (κ3) is 5.40. The Balaban J connectivity index is 1.38. The first-order valence-electron chi connectivity index (χ1n) is 10.6. The SMILES string of the molecule is COc1cc2ccccc2cc1C(=O)NC(=S)Nc1ccc(CN2CCCCC2)cc1. The standard InChI is InChI=1S/C25H27N3O2S/c1-30-23-16-20-8-4-3-7-19(20)15-22(23)24(29)27-25(31)26-21-11-9-18(10-12-21)17-28-13-5-2-6-14-28/h3-4,7-12,15-16H,2,5-6,13-14,17H2,1H3,(H2,26,27,29,31). The van der Waals surface area contributed by atoms with Crippen molar-refractivity contribution in [2.45, 2.75) is 25.8 Å². The van der Waals surface area contributed by atoms with Gasteiger partial charge in [0, 0.05) is 12.2 Å². The molecule has 0 unspecified atom stereocenters. The molecule has 1 heterocycles. The minimum atomic E-state index is -0.304. The molecule has 0 atom stereocenters. The molecule has 3 aromatic rings. The van der Waals surface area contributed by atoms with Gasteiger partial charge >= 0.3 is 0 Å². The Hall–Kier alpha value is -2.96. The van der Waals surface area contributed by atoms with E-state index in [1.165, 1.54) is 37.9 Å². The number of hydrogen-bond acceptors (Lipinski definition) is 4. The molecule has 0 bridgehead atoms. The molecule has 3 aromatic carbocycles. The number of rotatable bonds is 5. The van der Waals surface area contributed by atoms with Crippen LogP contribution in [0.4, 0.5) is 5.69 Å². The third-order valence-electron chi connectivity index (χ3n) is 5.61. The van der Waals surface area contributed by atoms with E-state index in [9.17, 15) is 4.79 Å². The molecule has 5 nitrogen and oxygen atoms in total. The van der Waals surface area contributed by atoms with Crippen LogP contribution in [0.25, 0.3) is 10.8 Å². The molecule has 1 aliphatic rings. The number of piperidine rings is 1. The maximum absolute atomic E-state index is 12.8. The van der Waals surface area contributed by atoms with Crippen molar-refractivity contribution in [2.24, 2.45) is 0 Å². The Morgan fingerprint density at radius 1 is 1.00 bits per heavy atom. The average molecular weight is 434 g/mol. The monoisotopic (exact) mass is 433 g/mol. The number of fused-ring (bicyclic) bond motifs is 1. The van der Waals surface area contributed by atoms with Crippen molar-refractivity contribution in [3.63, 3.8) is 0 Å². The van der Waals surface area contributed by atoms with Crippen LogP contribution in [-0.2, 0) is 6.54 Å². The number of carbonyl (C=O) groups excluding carboxylic acids is 1. The average Bonchev–Trinajstić information content (AvgIpc) is 2.80. The molecule has 0 radical (unpaired) electrons. The second kappa shape index (κ2) is 9.90. The summed E-state index contributed by atoms with van der Waals surface area (Å²) in [5, 5.41) is 8.09. The molecule has 160 valence electrons. The summed E-state index contributed by atoms with van der Waals surface area (Å²) in [6.45, 7) is 3.33. The summed E-state index contributed by atoms with van der Waals surface area (Å²) < 4.78 is 5.42. The van der Waals surface area contributed by atoms with E-state index < -0.39 is 0 Å². The van der Waals surface area contributed by atoms with Gasteiger partial charge in [-0.25, -0.2) is 0 Å². The van der Waals surface area contributed by atoms with Crippen LogP contribution >= 0.6 is 12.2 Å². The summed E-state index contributed by atoms with van der Waals surface area (Å²) in [4.78, 5) is 15.3. The Kier molecular flexibility index (Phi) is 6.79. The van der Waals surface area contributed by atoms with Gasteiger partial charge in [0.05, 0.1) is 12.7 Å². The highest BCUT2D eigenvalue weighted by Crippen LogP contribution is 2.26. The predicted molar refractivity (Wildman–Crippen MR) is 130 cm³/mol. The molecular weight excluding hydrogens is 406 g/mol. The van der Waals surface area contributed by atoms with Gasteiger partial charge in [-0.2, -0.15) is 0 Å². The van der Waals surface area contributed by atoms with Crippen molar-refractivity contribution in [1.29, 1.82) is 0 Å². The molecule has 0 aliphatic carbocycles. The molecule has 0 aromatic heterocycles. The number of methoxy groups -OCH3 is 1. The van der Waals surface area contributed by atoms with Crippen LogP contribution in [0.3, 0.4) is 0 Å². The van der Waals surface area contributed by atoms with Crippen molar-refractivity contribution in [3.05, 3.63) is 71.8 Å². The number of carbonyl (C=O) groups is 1. The molecule has 31 heavy (non-hydrogen) atoms. The number of likely N-dealkylation sites (tertiary alicyclic amines) is 1. The van der Waals surface area contributed by atoms with Crippen LogP contribution in [0, 0.1) is 0 Å². The first kappa shape index (κ1) is 21.3. The van der Waals surface area contributed by atoms with Crippen LogP contribution in [-0.4, -0.2) is 36.1 Å². The van der Waals surface area contributed by atoms with Crippen molar-refractivity contribution >= 4 is 39.7 Å². The maximum atomic E-state index is 12.8. The predicted octanol–water partition coefficient (Wildman–Crippen LogP) is 4.96. The second-order valence-corrected chi connectivity index (χ2v) is 8.25. The van der Waals surface area contributed by atoms with Gasteiger partial charge in [0.15, 0.2) is 5.11 Å². The Morgan fingerprint density at radius 3 is 2.35 bits per heavy atom. The fourth-order valence-corrected chi connectivity index (χ4v) is 4.18. The third-order valence-corrected chi connectivity index (χ3v) is 5.81. The fourth-order valence-electron chi connectivity index (χ4n) is 3.97. The van der Waals surface area contributed by atoms with Gasteiger partial charge in [-0.05, 0) is 78.8 Å². The summed E-state index contributed by atoms with van der Waals surface area (Å²) >= 11 is 5.36. The topological polar surface area (TPSA) is 53.6 Å². The lowest BCUT2D eigenvalue weighted by atomic mass is 10.1. The molecule has 2 N–H and O–H groups in total. The first-order chi connectivity index (χ1) is 15.1. The van der Waals surface area contributed by atoms with E-state index in [4.69, 9.17) is 17.0 Å². The molecule has 0 saturated carbocycles. The van der Waals surface area contributed by atoms with Crippen LogP contribution in [0.2, 0.25) is 0 Å². The maximum Gasteiger partial charge on any atom is 0.261 e. The summed E-state index contributed by atoms with van der Waals surface area (Å²) in [6.07, 6.45) is 3.92. The molecule has 4 rings (SSSR count). The van der Waals surface area contributed by atoms with E-state index in [-0.39, 0.29) is 11.0 Å². The zero-order valence-corrected chi connectivity index (χ0v) is 18.5. The molecule has 6 heteroatoms. The summed E-state index contributed by atoms with van der Waals surface area (Å²) in [7, 11) is 1.56. The van der Waals surface area contributed by atoms with E-state index >= 15 is 0 Å². The summed E-state index contributed by atoms with van der Waals surface area (Å²) in [5.74, 6) is 0.211. The Labute approximate surface area is 188 Å². The number of anilines is 1. The van der Waals surface area contributed by atoms with Crippen LogP contribution < -0.4 is 15.4 Å². The number of nitrogens with zero attached hydrogens (tertiary/aromatic N) is 1. The Morgan fingerprint density at radius 2 is 1.68 bits per heavy atom. The van der Waals surface area contributed by atoms with Gasteiger partial charge in [0.25, 0.3) is 5.91 Å². The summed E-state index contributed by atoms with van der Waals surface area (Å²) in [6, 6.07) is 19.7. The quantitative estimate of drug-likeness (QED) is 0.557. The molecule has 0 spiro atoms. The number of thiocarbonyl (C=S) groups is 1. The second-order valence-electron chi connectivity index (χ2n) is 7.84. The van der Waals surface area contributed by atoms with Gasteiger partial charge in [0.1, 0.15) is 5.75 Å². The highest BCUT2D eigenvalue weighted by Gasteiger charge is 2.15. The first-order valence-corrected chi connectivity index (χ1v) is 11.0. The molecule has 1 saturated heterocycles. The fraction of sp³-hybridized carbons (Fsp3) is 0.280. The van der Waals surface area contributed by atoms with Crippen molar-refractivity contribution in [2.75, 3.05) is 25.5 Å². The largest absolute Gasteiger partial charge is 0.496 e. The van der Waals surface area contributed by atoms with Crippen molar-refractivity contribution in [1.82, 2.24) is 10.2 Å². The zero-order chi connectivity index (χ0) is 21.6. The lowest BCUT2D eigenvalue weighted by Gasteiger charge is -2.26. The number of ether oxygens (including phenoxy) is 1. The van der Waals surface area contributed by atoms with Gasteiger partial charge in [-0.15, -0.1) is 0 Å². The van der Waals surface area contributed by atoms with E-state index in [1.54, 1.807) is 7.11 Å². The smallest absolute Gasteiger partial charge is 0.261 e. The van der Waals surface area contributed by atoms with Gasteiger partial charge in [-0.1, -0.05) is 42.8 Å². The summed E-state index contributed by atoms with van der Waals surface area (Å²) in [5.41, 5.74) is 2.57. The van der Waals surface area contributed by atoms with Gasteiger partial charge < -0.3 is 10.1 Å². The van der Waals surface area contributed by atoms with E-state index in [0.717, 1.165) is 23.0 Å². The van der Waals surface area contributed by atoms with Gasteiger partial charge in [0.2, 0.25) is 0 Å². The van der Waals surface area contributed by atoms with E-state index in [0.29, 0.717) is 11.3 Å². The normalized spacial score (nSPS) is 14.2. The lowest BCUT2D eigenvalue weighted by molar-refractivity contribution is 0.0975. The highest BCUT2D eigenvalue weighted by atomic mass is 32.1. The molecule has 1 aliphatic heterocycles. The highest BCUT2D eigenvalue weighted by molar-refractivity contribution is 7.80. The van der Waals surface area contributed by atoms with E-state index in [1.807, 2.05) is 48.5 Å². The number of amides is 1. The lowest BCUT2D eigenvalue weighted by Crippen LogP contribution is -2.34. The molecule has 1 fully saturated rings. The van der Waals surface area contributed by atoms with E-state index in [2.05, 4.69) is 27.7 Å². The van der Waals surface area contributed by atoms with Crippen LogP contribution in [0.15, 0.2) is 60.7 Å². The van der Waals surface area contributed by atoms with Crippen LogP contribution in [0.5, 0.6) is 5.75 Å². The molecular formula is C25H27N3O2S. The van der Waals surface area contributed by atoms with Crippen molar-refractivity contribution in [3.8, 4) is 5.75 Å².